The van der Waals surface area contributed by atoms with E-state index in [1.165, 1.54) is 0 Å². The van der Waals surface area contributed by atoms with Crippen molar-refractivity contribution in [2.24, 2.45) is 22.7 Å². The molecule has 0 aromatic carbocycles. The van der Waals surface area contributed by atoms with Crippen molar-refractivity contribution in [3.63, 3.8) is 0 Å². The lowest BCUT2D eigenvalue weighted by atomic mass is 9.45. The van der Waals surface area contributed by atoms with E-state index in [4.69, 9.17) is 4.74 Å². The molecule has 1 saturated carbocycles. The van der Waals surface area contributed by atoms with E-state index in [1.54, 1.807) is 12.2 Å². The van der Waals surface area contributed by atoms with Crippen LogP contribution in [0, 0.1) is 22.7 Å². The van der Waals surface area contributed by atoms with Crippen LogP contribution in [0.2, 0.25) is 0 Å². The van der Waals surface area contributed by atoms with Gasteiger partial charge in [0.1, 0.15) is 18.7 Å². The second kappa shape index (κ2) is 9.21. The summed E-state index contributed by atoms with van der Waals surface area (Å²) >= 11 is 0. The fourth-order valence-corrected chi connectivity index (χ4v) is 5.11. The van der Waals surface area contributed by atoms with Crippen molar-refractivity contribution in [1.29, 1.82) is 0 Å². The molecule has 5 heteroatoms. The second-order valence-electron chi connectivity index (χ2n) is 8.87. The van der Waals surface area contributed by atoms with Crippen molar-refractivity contribution >= 4 is 18.5 Å². The van der Waals surface area contributed by atoms with Gasteiger partial charge in [0.05, 0.1) is 11.5 Å². The Morgan fingerprint density at radius 3 is 2.62 bits per heavy atom. The maximum absolute atomic E-state index is 12.4. The molecule has 0 amide bonds. The Hall–Kier alpha value is -2.01. The Morgan fingerprint density at radius 2 is 2.07 bits per heavy atom. The van der Waals surface area contributed by atoms with Crippen LogP contribution in [0.25, 0.3) is 0 Å². The lowest BCUT2D eigenvalue weighted by Gasteiger charge is -2.58. The zero-order chi connectivity index (χ0) is 21.8. The molecule has 0 aromatic heterocycles. The van der Waals surface area contributed by atoms with Gasteiger partial charge in [-0.25, -0.2) is 0 Å². The highest BCUT2D eigenvalue weighted by molar-refractivity contribution is 5.86. The Kier molecular flexibility index (Phi) is 7.39. The van der Waals surface area contributed by atoms with Gasteiger partial charge in [-0.05, 0) is 55.9 Å². The Bertz CT molecular complexity index is 721. The summed E-state index contributed by atoms with van der Waals surface area (Å²) in [4.78, 5) is 36.5. The van der Waals surface area contributed by atoms with E-state index in [-0.39, 0.29) is 28.8 Å². The Labute approximate surface area is 173 Å². The third kappa shape index (κ3) is 4.16. The van der Waals surface area contributed by atoms with Crippen LogP contribution >= 0.6 is 0 Å². The summed E-state index contributed by atoms with van der Waals surface area (Å²) in [5.74, 6) is -0.529. The average Bonchev–Trinajstić information content (AvgIpc) is 2.70. The monoisotopic (exact) mass is 402 g/mol. The van der Waals surface area contributed by atoms with E-state index < -0.39 is 17.6 Å². The molecule has 0 saturated heterocycles. The summed E-state index contributed by atoms with van der Waals surface area (Å²) < 4.78 is 5.61. The number of allylic oxidation sites excluding steroid dienone is 3. The van der Waals surface area contributed by atoms with Crippen molar-refractivity contribution in [2.45, 2.75) is 72.0 Å². The van der Waals surface area contributed by atoms with Crippen LogP contribution in [0.4, 0.5) is 0 Å². The van der Waals surface area contributed by atoms with Crippen LogP contribution in [-0.2, 0) is 19.1 Å². The number of carbonyl (C=O) groups is 3. The summed E-state index contributed by atoms with van der Waals surface area (Å²) in [6, 6.07) is 0. The highest BCUT2D eigenvalue weighted by Crippen LogP contribution is 2.61. The van der Waals surface area contributed by atoms with E-state index in [9.17, 15) is 19.5 Å². The number of rotatable bonds is 8. The normalized spacial score (nSPS) is 37.1. The molecule has 1 fully saturated rings. The quantitative estimate of drug-likeness (QED) is 0.378. The zero-order valence-electron chi connectivity index (χ0n) is 18.0. The molecular formula is C24H34O5. The number of ether oxygens (including phenoxy) is 1. The first-order valence-corrected chi connectivity index (χ1v) is 10.5. The van der Waals surface area contributed by atoms with Gasteiger partial charge >= 0.3 is 5.97 Å². The summed E-state index contributed by atoms with van der Waals surface area (Å²) in [7, 11) is 0. The maximum Gasteiger partial charge on any atom is 0.306 e. The van der Waals surface area contributed by atoms with Gasteiger partial charge in [0, 0.05) is 12.0 Å². The first-order chi connectivity index (χ1) is 13.7. The van der Waals surface area contributed by atoms with Crippen molar-refractivity contribution in [2.75, 3.05) is 0 Å². The van der Waals surface area contributed by atoms with Gasteiger partial charge in [0.2, 0.25) is 0 Å². The summed E-state index contributed by atoms with van der Waals surface area (Å²) in [6.45, 7) is 11.9. The van der Waals surface area contributed by atoms with Crippen molar-refractivity contribution in [3.05, 3.63) is 36.0 Å². The molecule has 2 rings (SSSR count). The molecule has 0 radical (unpaired) electrons. The van der Waals surface area contributed by atoms with E-state index in [2.05, 4.69) is 26.5 Å². The Morgan fingerprint density at radius 1 is 1.38 bits per heavy atom. The number of carbonyl (C=O) groups excluding carboxylic acids is 3. The summed E-state index contributed by atoms with van der Waals surface area (Å²) in [5.41, 5.74) is -0.364. The van der Waals surface area contributed by atoms with Crippen molar-refractivity contribution < 1.29 is 24.2 Å². The SMILES string of the molecule is C=C/C(C)=C\C[C@]1(C)[C@H](C)C[C@H](O)[C@@]2(C=O)C(C=O)=C[C@H](OC(=O)CCC)C[C@@H]12. The highest BCUT2D eigenvalue weighted by atomic mass is 16.5. The number of aliphatic hydroxyl groups is 1. The number of fused-ring (bicyclic) bond motifs is 1. The molecule has 0 bridgehead atoms. The number of esters is 1. The van der Waals surface area contributed by atoms with Crippen LogP contribution in [0.1, 0.15) is 59.8 Å². The number of hydrogen-bond acceptors (Lipinski definition) is 5. The molecule has 160 valence electrons. The molecule has 0 heterocycles. The van der Waals surface area contributed by atoms with E-state index in [0.717, 1.165) is 11.9 Å². The van der Waals surface area contributed by atoms with Gasteiger partial charge in [0.25, 0.3) is 0 Å². The first-order valence-electron chi connectivity index (χ1n) is 10.5. The van der Waals surface area contributed by atoms with Crippen LogP contribution < -0.4 is 0 Å². The fraction of sp³-hybridized carbons (Fsp3) is 0.625. The predicted octanol–water partition coefficient (Wildman–Crippen LogP) is 3.96. The molecule has 1 N–H and O–H groups in total. The van der Waals surface area contributed by atoms with Gasteiger partial charge in [-0.1, -0.05) is 45.1 Å². The predicted molar refractivity (Wildman–Crippen MR) is 112 cm³/mol. The molecular weight excluding hydrogens is 368 g/mol. The molecule has 0 spiro atoms. The van der Waals surface area contributed by atoms with Crippen molar-refractivity contribution in [1.82, 2.24) is 0 Å². The van der Waals surface area contributed by atoms with E-state index in [0.29, 0.717) is 38.4 Å². The molecule has 0 aromatic rings. The molecule has 0 unspecified atom stereocenters. The minimum atomic E-state index is -1.27. The second-order valence-corrected chi connectivity index (χ2v) is 8.87. The minimum absolute atomic E-state index is 0.113. The summed E-state index contributed by atoms with van der Waals surface area (Å²) in [6.07, 6.45) is 7.82. The van der Waals surface area contributed by atoms with Gasteiger partial charge in [-0.3, -0.25) is 9.59 Å². The van der Waals surface area contributed by atoms with Crippen molar-refractivity contribution in [3.8, 4) is 0 Å². The van der Waals surface area contributed by atoms with Gasteiger partial charge in [0.15, 0.2) is 0 Å². The van der Waals surface area contributed by atoms with Crippen LogP contribution in [-0.4, -0.2) is 35.9 Å². The van der Waals surface area contributed by atoms with Gasteiger partial charge < -0.3 is 14.6 Å². The third-order valence-corrected chi connectivity index (χ3v) is 7.20. The largest absolute Gasteiger partial charge is 0.458 e. The number of aliphatic hydroxyl groups excluding tert-OH is 1. The standard InChI is InChI=1S/C24H34O5/c1-6-8-22(28)29-19-12-18(14-25)24(15-26)20(13-19)23(5,10-9-16(3)7-2)17(4)11-21(24)27/h7,9,12,14-15,17,19-21,27H,2,6,8,10-11,13H2,1,3-5H3/b16-9-/t17-,19+,20+,21+,23-,24+/m1/s1. The number of aldehydes is 2. The average molecular weight is 403 g/mol. The molecule has 6 atom stereocenters. The lowest BCUT2D eigenvalue weighted by Crippen LogP contribution is -2.60. The van der Waals surface area contributed by atoms with E-state index >= 15 is 0 Å². The van der Waals surface area contributed by atoms with E-state index in [1.807, 2.05) is 13.8 Å². The topological polar surface area (TPSA) is 80.7 Å². The maximum atomic E-state index is 12.4. The third-order valence-electron chi connectivity index (χ3n) is 7.20. The fourth-order valence-electron chi connectivity index (χ4n) is 5.11. The Balaban J connectivity index is 2.55. The van der Waals surface area contributed by atoms with Crippen LogP contribution in [0.15, 0.2) is 36.0 Å². The van der Waals surface area contributed by atoms with Crippen LogP contribution in [0.3, 0.4) is 0 Å². The molecule has 5 nitrogen and oxygen atoms in total. The molecule has 2 aliphatic rings. The minimum Gasteiger partial charge on any atom is -0.458 e. The van der Waals surface area contributed by atoms with Gasteiger partial charge in [-0.15, -0.1) is 0 Å². The molecule has 0 aliphatic heterocycles. The molecule has 29 heavy (non-hydrogen) atoms. The lowest BCUT2D eigenvalue weighted by molar-refractivity contribution is -0.163. The molecule has 2 aliphatic carbocycles. The van der Waals surface area contributed by atoms with Gasteiger partial charge in [-0.2, -0.15) is 0 Å². The smallest absolute Gasteiger partial charge is 0.306 e. The zero-order valence-corrected chi connectivity index (χ0v) is 18.0. The number of hydrogen-bond donors (Lipinski definition) is 1. The highest BCUT2D eigenvalue weighted by Gasteiger charge is 2.62. The first kappa shape index (κ1) is 23.3. The van der Waals surface area contributed by atoms with Crippen LogP contribution in [0.5, 0.6) is 0 Å². The summed E-state index contributed by atoms with van der Waals surface area (Å²) in [5, 5.41) is 11.0.